The molecule has 7 heteroatoms. The van der Waals surface area contributed by atoms with E-state index >= 15 is 0 Å². The zero-order valence-corrected chi connectivity index (χ0v) is 10.5. The highest BCUT2D eigenvalue weighted by Gasteiger charge is 2.10. The molecule has 0 aliphatic heterocycles. The number of carbonyl (C=O) groups is 1. The van der Waals surface area contributed by atoms with E-state index in [9.17, 15) is 4.79 Å². The predicted molar refractivity (Wildman–Crippen MR) is 68.4 cm³/mol. The Morgan fingerprint density at radius 3 is 3.00 bits per heavy atom. The Labute approximate surface area is 105 Å². The van der Waals surface area contributed by atoms with E-state index in [1.54, 1.807) is 23.8 Å². The fraction of sp³-hybridized carbons (Fsp3) is 0.100. The normalized spacial score (nSPS) is 11.5. The van der Waals surface area contributed by atoms with E-state index in [2.05, 4.69) is 15.5 Å². The minimum atomic E-state index is -0.189. The van der Waals surface area contributed by atoms with E-state index in [4.69, 9.17) is 5.21 Å². The van der Waals surface area contributed by atoms with Crippen LogP contribution in [0.3, 0.4) is 0 Å². The van der Waals surface area contributed by atoms with Gasteiger partial charge in [-0.1, -0.05) is 5.16 Å². The highest BCUT2D eigenvalue weighted by atomic mass is 32.1. The van der Waals surface area contributed by atoms with Crippen LogP contribution >= 0.6 is 22.7 Å². The number of hydrogen-bond donors (Lipinski definition) is 2. The van der Waals surface area contributed by atoms with Gasteiger partial charge in [0, 0.05) is 10.8 Å². The zero-order chi connectivity index (χ0) is 12.3. The van der Waals surface area contributed by atoms with Gasteiger partial charge in [-0.25, -0.2) is 4.98 Å². The third-order valence-corrected chi connectivity index (χ3v) is 3.47. The summed E-state index contributed by atoms with van der Waals surface area (Å²) in [6.07, 6.45) is 0. The van der Waals surface area contributed by atoms with Crippen LogP contribution in [0.5, 0.6) is 0 Å². The topological polar surface area (TPSA) is 74.6 Å². The Kier molecular flexibility index (Phi) is 3.50. The highest BCUT2D eigenvalue weighted by Crippen LogP contribution is 2.17. The quantitative estimate of drug-likeness (QED) is 0.510. The van der Waals surface area contributed by atoms with Gasteiger partial charge in [0.25, 0.3) is 5.91 Å². The second-order valence-electron chi connectivity index (χ2n) is 3.19. The molecular weight excluding hydrogens is 258 g/mol. The first kappa shape index (κ1) is 11.7. The van der Waals surface area contributed by atoms with Crippen molar-refractivity contribution < 1.29 is 10.0 Å². The van der Waals surface area contributed by atoms with Crippen molar-refractivity contribution in [2.75, 3.05) is 5.32 Å². The molecule has 2 rings (SSSR count). The Morgan fingerprint density at radius 1 is 1.53 bits per heavy atom. The molecule has 0 bridgehead atoms. The van der Waals surface area contributed by atoms with Crippen LogP contribution < -0.4 is 5.32 Å². The first-order valence-electron chi connectivity index (χ1n) is 4.69. The molecule has 2 N–H and O–H groups in total. The smallest absolute Gasteiger partial charge is 0.258 e. The van der Waals surface area contributed by atoms with Gasteiger partial charge in [-0.2, -0.15) is 11.3 Å². The number of aromatic nitrogens is 1. The summed E-state index contributed by atoms with van der Waals surface area (Å²) < 4.78 is 0. The minimum absolute atomic E-state index is 0.189. The predicted octanol–water partition coefficient (Wildman–Crippen LogP) is 2.66. The highest BCUT2D eigenvalue weighted by molar-refractivity contribution is 7.14. The van der Waals surface area contributed by atoms with Crippen molar-refractivity contribution in [1.29, 1.82) is 0 Å². The maximum absolute atomic E-state index is 11.7. The van der Waals surface area contributed by atoms with E-state index in [-0.39, 0.29) is 5.91 Å². The maximum atomic E-state index is 11.7. The molecule has 0 fully saturated rings. The lowest BCUT2D eigenvalue weighted by atomic mass is 10.3. The van der Waals surface area contributed by atoms with E-state index in [1.165, 1.54) is 22.7 Å². The molecule has 0 atom stereocenters. The van der Waals surface area contributed by atoms with Crippen molar-refractivity contribution in [3.63, 3.8) is 0 Å². The van der Waals surface area contributed by atoms with Gasteiger partial charge in [-0.15, -0.1) is 11.3 Å². The fourth-order valence-electron chi connectivity index (χ4n) is 1.11. The summed E-state index contributed by atoms with van der Waals surface area (Å²) in [5.74, 6) is -0.189. The van der Waals surface area contributed by atoms with Crippen molar-refractivity contribution in [2.45, 2.75) is 6.92 Å². The SMILES string of the molecule is CC(=NO)c1csc(NC(=O)c2ccsc2)n1. The molecule has 0 aliphatic carbocycles. The number of carbonyl (C=O) groups excluding carboxylic acids is 1. The molecule has 1 amide bonds. The molecule has 88 valence electrons. The molecule has 0 radical (unpaired) electrons. The Balaban J connectivity index is 2.10. The van der Waals surface area contributed by atoms with Crippen LogP contribution in [0.2, 0.25) is 0 Å². The molecule has 5 nitrogen and oxygen atoms in total. The summed E-state index contributed by atoms with van der Waals surface area (Å²) in [6.45, 7) is 1.64. The number of hydrogen-bond acceptors (Lipinski definition) is 6. The van der Waals surface area contributed by atoms with Crippen molar-refractivity contribution >= 4 is 39.4 Å². The number of oxime groups is 1. The van der Waals surface area contributed by atoms with Gasteiger partial charge in [0.1, 0.15) is 11.4 Å². The van der Waals surface area contributed by atoms with Crippen LogP contribution in [-0.4, -0.2) is 21.8 Å². The molecule has 0 unspecified atom stereocenters. The number of thiophene rings is 1. The molecule has 2 aromatic rings. The number of nitrogens with zero attached hydrogens (tertiary/aromatic N) is 2. The Bertz CT molecular complexity index is 546. The van der Waals surface area contributed by atoms with Crippen LogP contribution in [-0.2, 0) is 0 Å². The van der Waals surface area contributed by atoms with Crippen LogP contribution in [0.25, 0.3) is 0 Å². The van der Waals surface area contributed by atoms with E-state index < -0.39 is 0 Å². The first-order valence-corrected chi connectivity index (χ1v) is 6.51. The summed E-state index contributed by atoms with van der Waals surface area (Å²) in [4.78, 5) is 15.8. The van der Waals surface area contributed by atoms with Gasteiger partial charge < -0.3 is 5.21 Å². The van der Waals surface area contributed by atoms with Crippen molar-refractivity contribution in [2.24, 2.45) is 5.16 Å². The molecule has 17 heavy (non-hydrogen) atoms. The summed E-state index contributed by atoms with van der Waals surface area (Å²) >= 11 is 2.75. The van der Waals surface area contributed by atoms with Crippen molar-refractivity contribution in [1.82, 2.24) is 4.98 Å². The second-order valence-corrected chi connectivity index (χ2v) is 4.83. The average Bonchev–Trinajstić information content (AvgIpc) is 2.98. The number of thiazole rings is 1. The summed E-state index contributed by atoms with van der Waals surface area (Å²) in [6, 6.07) is 1.74. The second kappa shape index (κ2) is 5.07. The van der Waals surface area contributed by atoms with Crippen molar-refractivity contribution in [3.8, 4) is 0 Å². The summed E-state index contributed by atoms with van der Waals surface area (Å²) in [5.41, 5.74) is 1.58. The van der Waals surface area contributed by atoms with Gasteiger partial charge in [-0.05, 0) is 18.4 Å². The molecule has 2 heterocycles. The summed E-state index contributed by atoms with van der Waals surface area (Å²) in [5, 5.41) is 20.1. The molecular formula is C10H9N3O2S2. The number of anilines is 1. The third-order valence-electron chi connectivity index (χ3n) is 2.03. The van der Waals surface area contributed by atoms with Gasteiger partial charge in [0.15, 0.2) is 5.13 Å². The Hall–Kier alpha value is -1.73. The number of nitrogens with one attached hydrogen (secondary N) is 1. The maximum Gasteiger partial charge on any atom is 0.258 e. The number of rotatable bonds is 3. The average molecular weight is 267 g/mol. The fourth-order valence-corrected chi connectivity index (χ4v) is 2.50. The van der Waals surface area contributed by atoms with Gasteiger partial charge in [0.05, 0.1) is 5.56 Å². The standard InChI is InChI=1S/C10H9N3O2S2/c1-6(13-15)8-5-17-10(11-8)12-9(14)7-2-3-16-4-7/h2-5,15H,1H3,(H,11,12,14). The van der Waals surface area contributed by atoms with E-state index in [0.717, 1.165) is 0 Å². The lowest BCUT2D eigenvalue weighted by Crippen LogP contribution is -2.10. The molecule has 0 aliphatic rings. The van der Waals surface area contributed by atoms with Crippen molar-refractivity contribution in [3.05, 3.63) is 33.5 Å². The lowest BCUT2D eigenvalue weighted by Gasteiger charge is -1.97. The van der Waals surface area contributed by atoms with Crippen LogP contribution in [0.15, 0.2) is 27.4 Å². The lowest BCUT2D eigenvalue weighted by molar-refractivity contribution is 0.102. The third kappa shape index (κ3) is 2.69. The molecule has 0 aromatic carbocycles. The van der Waals surface area contributed by atoms with Crippen LogP contribution in [0, 0.1) is 0 Å². The van der Waals surface area contributed by atoms with Gasteiger partial charge >= 0.3 is 0 Å². The van der Waals surface area contributed by atoms with E-state index in [1.807, 2.05) is 5.38 Å². The van der Waals surface area contributed by atoms with Crippen LogP contribution in [0.4, 0.5) is 5.13 Å². The molecule has 2 aromatic heterocycles. The number of amides is 1. The monoisotopic (exact) mass is 267 g/mol. The van der Waals surface area contributed by atoms with Gasteiger partial charge in [-0.3, -0.25) is 10.1 Å². The Morgan fingerprint density at radius 2 is 2.35 bits per heavy atom. The largest absolute Gasteiger partial charge is 0.411 e. The minimum Gasteiger partial charge on any atom is -0.411 e. The van der Waals surface area contributed by atoms with Gasteiger partial charge in [0.2, 0.25) is 0 Å². The molecule has 0 saturated heterocycles. The van der Waals surface area contributed by atoms with Crippen LogP contribution in [0.1, 0.15) is 23.0 Å². The molecule has 0 saturated carbocycles. The van der Waals surface area contributed by atoms with E-state index in [0.29, 0.717) is 22.1 Å². The molecule has 0 spiro atoms. The summed E-state index contributed by atoms with van der Waals surface area (Å²) in [7, 11) is 0. The first-order chi connectivity index (χ1) is 8.20. The zero-order valence-electron chi connectivity index (χ0n) is 8.88.